The summed E-state index contributed by atoms with van der Waals surface area (Å²) in [5.41, 5.74) is 0. The first kappa shape index (κ1) is 10.6. The average Bonchev–Trinajstić information content (AvgIpc) is 1.98. The van der Waals surface area contributed by atoms with Gasteiger partial charge in [0.15, 0.2) is 0 Å². The Morgan fingerprint density at radius 3 is 2.00 bits per heavy atom. The van der Waals surface area contributed by atoms with Crippen molar-refractivity contribution in [3.63, 3.8) is 0 Å². The molecule has 0 heteroatoms. The molecular weight excluding hydrogens is 132 g/mol. The van der Waals surface area contributed by atoms with Crippen LogP contribution in [0.25, 0.3) is 0 Å². The van der Waals surface area contributed by atoms with E-state index in [1.54, 1.807) is 0 Å². The van der Waals surface area contributed by atoms with E-state index in [4.69, 9.17) is 0 Å². The second kappa shape index (κ2) is 5.24. The lowest BCUT2D eigenvalue weighted by molar-refractivity contribution is 0.326. The van der Waals surface area contributed by atoms with Gasteiger partial charge in [0.05, 0.1) is 0 Å². The predicted octanol–water partition coefficient (Wildman–Crippen LogP) is 3.33. The van der Waals surface area contributed by atoms with Crippen LogP contribution in [0.5, 0.6) is 0 Å². The van der Waals surface area contributed by atoms with Crippen molar-refractivity contribution in [2.75, 3.05) is 0 Å². The molecule has 2 unspecified atom stereocenters. The SMILES string of the molecule is CC#CC(CC)C(C)C(C)C. The van der Waals surface area contributed by atoms with Gasteiger partial charge in [0.2, 0.25) is 0 Å². The second-order valence-electron chi connectivity index (χ2n) is 3.51. The van der Waals surface area contributed by atoms with Gasteiger partial charge in [0, 0.05) is 5.92 Å². The van der Waals surface area contributed by atoms with E-state index in [0.717, 1.165) is 11.8 Å². The second-order valence-corrected chi connectivity index (χ2v) is 3.51. The van der Waals surface area contributed by atoms with Gasteiger partial charge < -0.3 is 0 Å². The van der Waals surface area contributed by atoms with E-state index in [-0.39, 0.29) is 0 Å². The summed E-state index contributed by atoms with van der Waals surface area (Å²) in [4.78, 5) is 0. The highest BCUT2D eigenvalue weighted by Crippen LogP contribution is 2.22. The standard InChI is InChI=1S/C11H20/c1-6-8-11(7-2)10(5)9(3)4/h9-11H,7H2,1-5H3. The van der Waals surface area contributed by atoms with Crippen LogP contribution >= 0.6 is 0 Å². The molecule has 0 amide bonds. The molecule has 64 valence electrons. The van der Waals surface area contributed by atoms with Crippen LogP contribution < -0.4 is 0 Å². The minimum Gasteiger partial charge on any atom is -0.106 e. The summed E-state index contributed by atoms with van der Waals surface area (Å²) in [6, 6.07) is 0. The summed E-state index contributed by atoms with van der Waals surface area (Å²) >= 11 is 0. The maximum Gasteiger partial charge on any atom is 0.0228 e. The lowest BCUT2D eigenvalue weighted by atomic mass is 9.84. The zero-order valence-corrected chi connectivity index (χ0v) is 8.44. The van der Waals surface area contributed by atoms with Crippen LogP contribution in [0, 0.1) is 29.6 Å². The van der Waals surface area contributed by atoms with E-state index in [2.05, 4.69) is 39.5 Å². The molecule has 0 saturated heterocycles. The number of hydrogen-bond donors (Lipinski definition) is 0. The van der Waals surface area contributed by atoms with E-state index in [9.17, 15) is 0 Å². The van der Waals surface area contributed by atoms with E-state index < -0.39 is 0 Å². The summed E-state index contributed by atoms with van der Waals surface area (Å²) in [6.45, 7) is 11.0. The Labute approximate surface area is 71.4 Å². The molecule has 0 aliphatic rings. The fourth-order valence-electron chi connectivity index (χ4n) is 1.26. The predicted molar refractivity (Wildman–Crippen MR) is 51.2 cm³/mol. The van der Waals surface area contributed by atoms with Gasteiger partial charge in [0.25, 0.3) is 0 Å². The van der Waals surface area contributed by atoms with E-state index in [0.29, 0.717) is 5.92 Å². The molecule has 0 fully saturated rings. The van der Waals surface area contributed by atoms with Crippen LogP contribution in [0.15, 0.2) is 0 Å². The Morgan fingerprint density at radius 2 is 1.73 bits per heavy atom. The van der Waals surface area contributed by atoms with E-state index >= 15 is 0 Å². The zero-order valence-electron chi connectivity index (χ0n) is 8.44. The third-order valence-electron chi connectivity index (χ3n) is 2.46. The Kier molecular flexibility index (Phi) is 5.03. The highest BCUT2D eigenvalue weighted by molar-refractivity contribution is 5.02. The van der Waals surface area contributed by atoms with Gasteiger partial charge in [-0.3, -0.25) is 0 Å². The fourth-order valence-corrected chi connectivity index (χ4v) is 1.26. The Balaban J connectivity index is 4.09. The Hall–Kier alpha value is -0.440. The molecular formula is C11H20. The molecule has 0 rings (SSSR count). The van der Waals surface area contributed by atoms with Gasteiger partial charge in [-0.05, 0) is 25.2 Å². The van der Waals surface area contributed by atoms with Crippen LogP contribution in [-0.4, -0.2) is 0 Å². The smallest absolute Gasteiger partial charge is 0.0228 e. The summed E-state index contributed by atoms with van der Waals surface area (Å²) in [5, 5.41) is 0. The van der Waals surface area contributed by atoms with E-state index in [1.807, 2.05) is 6.92 Å². The highest BCUT2D eigenvalue weighted by atomic mass is 14.2. The summed E-state index contributed by atoms with van der Waals surface area (Å²) < 4.78 is 0. The molecule has 0 bridgehead atoms. The van der Waals surface area contributed by atoms with E-state index in [1.165, 1.54) is 6.42 Å². The summed E-state index contributed by atoms with van der Waals surface area (Å²) in [7, 11) is 0. The molecule has 0 spiro atoms. The molecule has 0 saturated carbocycles. The molecule has 0 aliphatic heterocycles. The van der Waals surface area contributed by atoms with Crippen molar-refractivity contribution in [1.29, 1.82) is 0 Å². The normalized spacial score (nSPS) is 15.5. The molecule has 0 heterocycles. The Morgan fingerprint density at radius 1 is 1.18 bits per heavy atom. The molecule has 0 nitrogen and oxygen atoms in total. The lowest BCUT2D eigenvalue weighted by Crippen LogP contribution is -2.14. The van der Waals surface area contributed by atoms with Gasteiger partial charge in [0.1, 0.15) is 0 Å². The molecule has 0 N–H and O–H groups in total. The van der Waals surface area contributed by atoms with Crippen LogP contribution in [0.1, 0.15) is 41.0 Å². The number of hydrogen-bond acceptors (Lipinski definition) is 0. The molecule has 0 aromatic carbocycles. The Bertz CT molecular complexity index is 145. The third kappa shape index (κ3) is 3.46. The van der Waals surface area contributed by atoms with Crippen molar-refractivity contribution in [2.45, 2.75) is 41.0 Å². The van der Waals surface area contributed by atoms with Crippen LogP contribution in [0.3, 0.4) is 0 Å². The zero-order chi connectivity index (χ0) is 8.85. The summed E-state index contributed by atoms with van der Waals surface area (Å²) in [5.74, 6) is 8.34. The first-order valence-electron chi connectivity index (χ1n) is 4.55. The quantitative estimate of drug-likeness (QED) is 0.544. The van der Waals surface area contributed by atoms with Crippen molar-refractivity contribution >= 4 is 0 Å². The van der Waals surface area contributed by atoms with Crippen molar-refractivity contribution in [2.24, 2.45) is 17.8 Å². The lowest BCUT2D eigenvalue weighted by Gasteiger charge is -2.20. The van der Waals surface area contributed by atoms with Gasteiger partial charge in [-0.1, -0.05) is 33.6 Å². The van der Waals surface area contributed by atoms with Crippen molar-refractivity contribution < 1.29 is 0 Å². The van der Waals surface area contributed by atoms with Crippen LogP contribution in [0.2, 0.25) is 0 Å². The van der Waals surface area contributed by atoms with Crippen molar-refractivity contribution in [3.05, 3.63) is 0 Å². The van der Waals surface area contributed by atoms with Gasteiger partial charge in [-0.2, -0.15) is 0 Å². The van der Waals surface area contributed by atoms with Gasteiger partial charge in [-0.15, -0.1) is 5.92 Å². The molecule has 0 aliphatic carbocycles. The van der Waals surface area contributed by atoms with Gasteiger partial charge in [-0.25, -0.2) is 0 Å². The minimum absolute atomic E-state index is 0.597. The first-order chi connectivity index (χ1) is 5.13. The molecule has 11 heavy (non-hydrogen) atoms. The average molecular weight is 152 g/mol. The summed E-state index contributed by atoms with van der Waals surface area (Å²) in [6.07, 6.45) is 1.18. The maximum absolute atomic E-state index is 3.26. The van der Waals surface area contributed by atoms with Crippen LogP contribution in [0.4, 0.5) is 0 Å². The van der Waals surface area contributed by atoms with Crippen molar-refractivity contribution in [1.82, 2.24) is 0 Å². The maximum atomic E-state index is 3.26. The number of rotatable bonds is 3. The molecule has 0 radical (unpaired) electrons. The van der Waals surface area contributed by atoms with Crippen molar-refractivity contribution in [3.8, 4) is 11.8 Å². The molecule has 2 atom stereocenters. The van der Waals surface area contributed by atoms with Gasteiger partial charge >= 0.3 is 0 Å². The molecule has 0 aromatic rings. The highest BCUT2D eigenvalue weighted by Gasteiger charge is 2.15. The topological polar surface area (TPSA) is 0 Å². The minimum atomic E-state index is 0.597. The largest absolute Gasteiger partial charge is 0.106 e. The monoisotopic (exact) mass is 152 g/mol. The first-order valence-corrected chi connectivity index (χ1v) is 4.55. The van der Waals surface area contributed by atoms with Crippen LogP contribution in [-0.2, 0) is 0 Å². The third-order valence-corrected chi connectivity index (χ3v) is 2.46. The molecule has 0 aromatic heterocycles. The fraction of sp³-hybridized carbons (Fsp3) is 0.818.